The number of hydrogen-bond acceptors (Lipinski definition) is 5. The lowest BCUT2D eigenvalue weighted by atomic mass is 10.1. The number of hydrogen-bond donors (Lipinski definition) is 1. The van der Waals surface area contributed by atoms with Gasteiger partial charge in [-0.15, -0.1) is 11.3 Å². The van der Waals surface area contributed by atoms with Crippen molar-refractivity contribution >= 4 is 27.4 Å². The average Bonchev–Trinajstić information content (AvgIpc) is 3.27. The van der Waals surface area contributed by atoms with Crippen molar-refractivity contribution < 1.29 is 8.78 Å². The predicted molar refractivity (Wildman–Crippen MR) is 129 cm³/mol. The first-order chi connectivity index (χ1) is 16.2. The molecule has 0 saturated carbocycles. The quantitative estimate of drug-likeness (QED) is 0.274. The van der Waals surface area contributed by atoms with Crippen molar-refractivity contribution in [2.45, 2.75) is 12.8 Å². The van der Waals surface area contributed by atoms with Crippen LogP contribution in [-0.2, 0) is 6.42 Å². The molecule has 33 heavy (non-hydrogen) atoms. The Morgan fingerprint density at radius 1 is 0.879 bits per heavy atom. The third-order valence-corrected chi connectivity index (χ3v) is 6.34. The van der Waals surface area contributed by atoms with Crippen molar-refractivity contribution in [1.82, 2.24) is 15.0 Å². The van der Waals surface area contributed by atoms with Crippen molar-refractivity contribution in [1.29, 1.82) is 0 Å². The molecule has 0 saturated heterocycles. The SMILES string of the molecule is Fc1ccc(-c2csc3c(NCCCc4ccccc4)nc(-c4ccncc4F)nc23)cc1. The Morgan fingerprint density at radius 3 is 2.48 bits per heavy atom. The summed E-state index contributed by atoms with van der Waals surface area (Å²) in [5.74, 6) is 0.172. The molecule has 1 N–H and O–H groups in total. The Hall–Kier alpha value is -3.71. The topological polar surface area (TPSA) is 50.7 Å². The Kier molecular flexibility index (Phi) is 6.04. The number of nitrogens with zero attached hydrogens (tertiary/aromatic N) is 3. The van der Waals surface area contributed by atoms with E-state index in [4.69, 9.17) is 4.98 Å². The molecule has 0 aliphatic carbocycles. The van der Waals surface area contributed by atoms with Crippen LogP contribution in [0.4, 0.5) is 14.6 Å². The summed E-state index contributed by atoms with van der Waals surface area (Å²) in [4.78, 5) is 13.2. The van der Waals surface area contributed by atoms with Crippen LogP contribution in [0.1, 0.15) is 12.0 Å². The summed E-state index contributed by atoms with van der Waals surface area (Å²) < 4.78 is 28.8. The third kappa shape index (κ3) is 4.59. The summed E-state index contributed by atoms with van der Waals surface area (Å²) in [6.45, 7) is 0.711. The van der Waals surface area contributed by atoms with E-state index < -0.39 is 5.82 Å². The average molecular weight is 459 g/mol. The molecule has 0 amide bonds. The molecular formula is C26H20F2N4S. The maximum absolute atomic E-state index is 14.5. The summed E-state index contributed by atoms with van der Waals surface area (Å²) >= 11 is 1.51. The van der Waals surface area contributed by atoms with Crippen molar-refractivity contribution in [3.8, 4) is 22.5 Å². The molecule has 0 bridgehead atoms. The lowest BCUT2D eigenvalue weighted by molar-refractivity contribution is 0.623. The molecule has 0 fully saturated rings. The first-order valence-electron chi connectivity index (χ1n) is 10.6. The summed E-state index contributed by atoms with van der Waals surface area (Å²) in [5, 5.41) is 5.40. The number of anilines is 1. The highest BCUT2D eigenvalue weighted by Gasteiger charge is 2.17. The molecule has 5 aromatic rings. The second-order valence-corrected chi connectivity index (χ2v) is 8.48. The minimum atomic E-state index is -0.481. The monoisotopic (exact) mass is 458 g/mol. The van der Waals surface area contributed by atoms with Gasteiger partial charge in [-0.05, 0) is 42.2 Å². The van der Waals surface area contributed by atoms with Crippen molar-refractivity contribution in [2.75, 3.05) is 11.9 Å². The van der Waals surface area contributed by atoms with Gasteiger partial charge in [0, 0.05) is 23.7 Å². The van der Waals surface area contributed by atoms with E-state index in [1.165, 1.54) is 35.2 Å². The molecule has 0 atom stereocenters. The van der Waals surface area contributed by atoms with E-state index in [-0.39, 0.29) is 17.2 Å². The normalized spacial score (nSPS) is 11.1. The number of halogens is 2. The third-order valence-electron chi connectivity index (χ3n) is 5.36. The van der Waals surface area contributed by atoms with Gasteiger partial charge in [0.2, 0.25) is 0 Å². The van der Waals surface area contributed by atoms with E-state index >= 15 is 0 Å². The van der Waals surface area contributed by atoms with Crippen molar-refractivity contribution in [3.05, 3.63) is 95.6 Å². The summed E-state index contributed by atoms with van der Waals surface area (Å²) in [6.07, 6.45) is 4.54. The van der Waals surface area contributed by atoms with Gasteiger partial charge in [-0.2, -0.15) is 0 Å². The largest absolute Gasteiger partial charge is 0.369 e. The first-order valence-corrected chi connectivity index (χ1v) is 11.5. The van der Waals surface area contributed by atoms with Gasteiger partial charge >= 0.3 is 0 Å². The second kappa shape index (κ2) is 9.42. The van der Waals surface area contributed by atoms with Crippen LogP contribution < -0.4 is 5.32 Å². The van der Waals surface area contributed by atoms with Crippen LogP contribution in [0, 0.1) is 11.6 Å². The number of pyridine rings is 1. The highest BCUT2D eigenvalue weighted by atomic mass is 32.1. The van der Waals surface area contributed by atoms with Crippen LogP contribution in [0.3, 0.4) is 0 Å². The summed E-state index contributed by atoms with van der Waals surface area (Å²) in [6, 6.07) is 18.2. The van der Waals surface area contributed by atoms with Gasteiger partial charge in [-0.25, -0.2) is 18.7 Å². The Balaban J connectivity index is 1.51. The lowest BCUT2D eigenvalue weighted by Gasteiger charge is -2.10. The molecule has 2 aromatic carbocycles. The van der Waals surface area contributed by atoms with Gasteiger partial charge in [0.15, 0.2) is 11.6 Å². The highest BCUT2D eigenvalue weighted by Crippen LogP contribution is 2.37. The van der Waals surface area contributed by atoms with Crippen molar-refractivity contribution in [3.63, 3.8) is 0 Å². The highest BCUT2D eigenvalue weighted by molar-refractivity contribution is 7.18. The Morgan fingerprint density at radius 2 is 1.70 bits per heavy atom. The number of nitrogens with one attached hydrogen (secondary N) is 1. The fraction of sp³-hybridized carbons (Fsp3) is 0.115. The fourth-order valence-corrected chi connectivity index (χ4v) is 4.67. The molecule has 3 aromatic heterocycles. The zero-order chi connectivity index (χ0) is 22.6. The summed E-state index contributed by atoms with van der Waals surface area (Å²) in [7, 11) is 0. The number of aromatic nitrogens is 3. The molecule has 0 aliphatic heterocycles. The van der Waals surface area contributed by atoms with E-state index in [9.17, 15) is 8.78 Å². The predicted octanol–water partition coefficient (Wildman–Crippen LogP) is 6.74. The lowest BCUT2D eigenvalue weighted by Crippen LogP contribution is -2.06. The number of benzene rings is 2. The van der Waals surface area contributed by atoms with Gasteiger partial charge in [0.05, 0.1) is 22.0 Å². The molecule has 0 spiro atoms. The first kappa shape index (κ1) is 21.2. The van der Waals surface area contributed by atoms with Crippen LogP contribution in [0.25, 0.3) is 32.7 Å². The number of rotatable bonds is 7. The smallest absolute Gasteiger partial charge is 0.165 e. The number of thiophene rings is 1. The van der Waals surface area contributed by atoms with E-state index in [1.807, 2.05) is 23.6 Å². The van der Waals surface area contributed by atoms with Crippen LogP contribution >= 0.6 is 11.3 Å². The van der Waals surface area contributed by atoms with Gasteiger partial charge in [-0.1, -0.05) is 42.5 Å². The van der Waals surface area contributed by atoms with Gasteiger partial charge in [0.1, 0.15) is 11.6 Å². The minimum Gasteiger partial charge on any atom is -0.369 e. The van der Waals surface area contributed by atoms with E-state index in [0.29, 0.717) is 17.9 Å². The Labute approximate surface area is 194 Å². The van der Waals surface area contributed by atoms with E-state index in [1.54, 1.807) is 18.2 Å². The maximum Gasteiger partial charge on any atom is 0.165 e. The van der Waals surface area contributed by atoms with Crippen molar-refractivity contribution in [2.24, 2.45) is 0 Å². The zero-order valence-corrected chi connectivity index (χ0v) is 18.4. The van der Waals surface area contributed by atoms with Crippen LogP contribution in [0.5, 0.6) is 0 Å². The Bertz CT molecular complexity index is 1390. The van der Waals surface area contributed by atoms with E-state index in [0.717, 1.165) is 34.9 Å². The van der Waals surface area contributed by atoms with E-state index in [2.05, 4.69) is 27.4 Å². The number of fused-ring (bicyclic) bond motifs is 1. The van der Waals surface area contributed by atoms with Crippen LogP contribution in [0.2, 0.25) is 0 Å². The molecule has 164 valence electrons. The van der Waals surface area contributed by atoms with Crippen LogP contribution in [-0.4, -0.2) is 21.5 Å². The zero-order valence-electron chi connectivity index (χ0n) is 17.6. The molecule has 7 heteroatoms. The minimum absolute atomic E-state index is 0.287. The second-order valence-electron chi connectivity index (χ2n) is 7.60. The molecule has 3 heterocycles. The molecule has 4 nitrogen and oxygen atoms in total. The standard InChI is InChI=1S/C26H20F2N4S/c27-19-10-8-18(9-11-19)21-16-33-24-23(21)31-25(20-12-14-29-15-22(20)28)32-26(24)30-13-4-7-17-5-2-1-3-6-17/h1-3,5-6,8-12,14-16H,4,7,13H2,(H,30,31,32). The summed E-state index contributed by atoms with van der Waals surface area (Å²) in [5.41, 5.74) is 3.98. The fourth-order valence-electron chi connectivity index (χ4n) is 3.69. The maximum atomic E-state index is 14.5. The van der Waals surface area contributed by atoms with Gasteiger partial charge in [-0.3, -0.25) is 4.98 Å². The molecular weight excluding hydrogens is 438 g/mol. The number of aryl methyl sites for hydroxylation is 1. The van der Waals surface area contributed by atoms with Gasteiger partial charge < -0.3 is 5.32 Å². The molecule has 0 unspecified atom stereocenters. The molecule has 0 aliphatic rings. The van der Waals surface area contributed by atoms with Gasteiger partial charge in [0.25, 0.3) is 0 Å². The molecule has 0 radical (unpaired) electrons. The van der Waals surface area contributed by atoms with Crippen LogP contribution in [0.15, 0.2) is 78.4 Å². The molecule has 5 rings (SSSR count).